The number of halogens is 1. The summed E-state index contributed by atoms with van der Waals surface area (Å²) in [6, 6.07) is 13.5. The van der Waals surface area contributed by atoms with Gasteiger partial charge in [0.1, 0.15) is 5.82 Å². The van der Waals surface area contributed by atoms with Crippen LogP contribution < -0.4 is 10.6 Å². The van der Waals surface area contributed by atoms with Crippen LogP contribution in [0, 0.1) is 5.82 Å². The number of hydrogen-bond donors (Lipinski definition) is 2. The zero-order valence-electron chi connectivity index (χ0n) is 15.4. The summed E-state index contributed by atoms with van der Waals surface area (Å²) in [5.74, 6) is -0.353. The van der Waals surface area contributed by atoms with Gasteiger partial charge in [0.25, 0.3) is 5.91 Å². The number of rotatable bonds is 5. The Balaban J connectivity index is 1.73. The molecule has 0 radical (unpaired) electrons. The van der Waals surface area contributed by atoms with E-state index in [9.17, 15) is 9.18 Å². The Morgan fingerprint density at radius 2 is 2.07 bits per heavy atom. The van der Waals surface area contributed by atoms with E-state index in [-0.39, 0.29) is 23.8 Å². The lowest BCUT2D eigenvalue weighted by molar-refractivity contribution is 0.0975. The van der Waals surface area contributed by atoms with Gasteiger partial charge < -0.3 is 10.1 Å². The topological polar surface area (TPSA) is 62.7 Å². The third-order valence-corrected chi connectivity index (χ3v) is 4.42. The molecule has 1 aliphatic heterocycles. The molecular formula is C21H24FN3O2. The highest BCUT2D eigenvalue weighted by Crippen LogP contribution is 2.13. The maximum Gasteiger partial charge on any atom is 0.257 e. The maximum atomic E-state index is 13.5. The van der Waals surface area contributed by atoms with Crippen molar-refractivity contribution in [2.45, 2.75) is 32.3 Å². The fraction of sp³-hybridized carbons (Fsp3) is 0.333. The molecule has 142 valence electrons. The van der Waals surface area contributed by atoms with Crippen LogP contribution in [-0.4, -0.2) is 31.1 Å². The molecule has 1 heterocycles. The first kappa shape index (κ1) is 19.0. The number of carbonyl (C=O) groups is 1. The number of guanidine groups is 1. The Bertz CT molecular complexity index is 799. The summed E-state index contributed by atoms with van der Waals surface area (Å²) in [6.07, 6.45) is 2.93. The number of ether oxygens (including phenoxy) is 1. The molecule has 6 heteroatoms. The quantitative estimate of drug-likeness (QED) is 0.623. The van der Waals surface area contributed by atoms with Crippen molar-refractivity contribution in [1.29, 1.82) is 0 Å². The molecule has 1 fully saturated rings. The van der Waals surface area contributed by atoms with E-state index in [2.05, 4.69) is 22.5 Å². The molecule has 0 bridgehead atoms. The molecule has 2 aromatic carbocycles. The van der Waals surface area contributed by atoms with Gasteiger partial charge in [0, 0.05) is 17.9 Å². The van der Waals surface area contributed by atoms with E-state index < -0.39 is 0 Å². The van der Waals surface area contributed by atoms with Gasteiger partial charge in [0.2, 0.25) is 5.96 Å². The predicted molar refractivity (Wildman–Crippen MR) is 105 cm³/mol. The van der Waals surface area contributed by atoms with E-state index >= 15 is 0 Å². The summed E-state index contributed by atoms with van der Waals surface area (Å²) in [5, 5.41) is 5.77. The van der Waals surface area contributed by atoms with Crippen LogP contribution in [0.3, 0.4) is 0 Å². The average Bonchev–Trinajstić information content (AvgIpc) is 3.20. The van der Waals surface area contributed by atoms with Gasteiger partial charge >= 0.3 is 0 Å². The van der Waals surface area contributed by atoms with Gasteiger partial charge in [0.05, 0.1) is 12.6 Å². The molecule has 0 saturated carbocycles. The third-order valence-electron chi connectivity index (χ3n) is 4.42. The van der Waals surface area contributed by atoms with Crippen molar-refractivity contribution in [3.05, 3.63) is 65.5 Å². The van der Waals surface area contributed by atoms with Crippen LogP contribution >= 0.6 is 0 Å². The summed E-state index contributed by atoms with van der Waals surface area (Å²) in [4.78, 5) is 17.0. The van der Waals surface area contributed by atoms with Crippen LogP contribution in [0.2, 0.25) is 0 Å². The van der Waals surface area contributed by atoms with E-state index in [1.807, 2.05) is 12.1 Å². The fourth-order valence-corrected chi connectivity index (χ4v) is 2.87. The molecule has 2 aromatic rings. The van der Waals surface area contributed by atoms with Crippen LogP contribution in [0.5, 0.6) is 0 Å². The molecule has 1 aliphatic rings. The van der Waals surface area contributed by atoms with E-state index in [4.69, 9.17) is 4.74 Å². The van der Waals surface area contributed by atoms with Crippen LogP contribution in [0.15, 0.2) is 53.5 Å². The second-order valence-corrected chi connectivity index (χ2v) is 6.46. The van der Waals surface area contributed by atoms with Crippen molar-refractivity contribution in [2.75, 3.05) is 18.5 Å². The molecule has 0 unspecified atom stereocenters. The Kier molecular flexibility index (Phi) is 6.54. The normalized spacial score (nSPS) is 17.0. The SMILES string of the molecule is CCc1ccc(C(=O)NC(=NC[C@@H]2CCCO2)Nc2cccc(F)c2)cc1. The fourth-order valence-electron chi connectivity index (χ4n) is 2.87. The number of carbonyl (C=O) groups excluding carboxylic acids is 1. The monoisotopic (exact) mass is 369 g/mol. The summed E-state index contributed by atoms with van der Waals surface area (Å²) >= 11 is 0. The molecule has 0 spiro atoms. The summed E-state index contributed by atoms with van der Waals surface area (Å²) < 4.78 is 19.0. The van der Waals surface area contributed by atoms with E-state index in [1.54, 1.807) is 24.3 Å². The molecule has 5 nitrogen and oxygen atoms in total. The van der Waals surface area contributed by atoms with Gasteiger partial charge in [-0.2, -0.15) is 0 Å². The second kappa shape index (κ2) is 9.28. The number of nitrogens with one attached hydrogen (secondary N) is 2. The Labute approximate surface area is 158 Å². The van der Waals surface area contributed by atoms with Crippen LogP contribution in [0.4, 0.5) is 10.1 Å². The van der Waals surface area contributed by atoms with Gasteiger partial charge in [-0.15, -0.1) is 0 Å². The first-order chi connectivity index (χ1) is 13.1. The molecule has 0 aromatic heterocycles. The van der Waals surface area contributed by atoms with Crippen molar-refractivity contribution in [3.8, 4) is 0 Å². The molecule has 3 rings (SSSR count). The number of nitrogens with zero attached hydrogens (tertiary/aromatic N) is 1. The largest absolute Gasteiger partial charge is 0.376 e. The minimum atomic E-state index is -0.361. The van der Waals surface area contributed by atoms with Crippen molar-refractivity contribution < 1.29 is 13.9 Å². The van der Waals surface area contributed by atoms with Crippen molar-refractivity contribution in [3.63, 3.8) is 0 Å². The highest BCUT2D eigenvalue weighted by molar-refractivity contribution is 6.09. The summed E-state index contributed by atoms with van der Waals surface area (Å²) in [5.41, 5.74) is 2.22. The van der Waals surface area contributed by atoms with Gasteiger partial charge in [-0.1, -0.05) is 25.1 Å². The van der Waals surface area contributed by atoms with Gasteiger partial charge in [-0.25, -0.2) is 9.38 Å². The zero-order valence-corrected chi connectivity index (χ0v) is 15.4. The number of aryl methyl sites for hydroxylation is 1. The first-order valence-electron chi connectivity index (χ1n) is 9.23. The van der Waals surface area contributed by atoms with Gasteiger partial charge in [-0.3, -0.25) is 10.1 Å². The lowest BCUT2D eigenvalue weighted by atomic mass is 10.1. The van der Waals surface area contributed by atoms with Crippen LogP contribution in [0.1, 0.15) is 35.7 Å². The first-order valence-corrected chi connectivity index (χ1v) is 9.23. The summed E-state index contributed by atoms with van der Waals surface area (Å²) in [7, 11) is 0. The molecule has 1 amide bonds. The second-order valence-electron chi connectivity index (χ2n) is 6.46. The molecule has 1 saturated heterocycles. The van der Waals surface area contributed by atoms with Gasteiger partial charge in [0.15, 0.2) is 0 Å². The Morgan fingerprint density at radius 3 is 2.74 bits per heavy atom. The number of amides is 1. The zero-order chi connectivity index (χ0) is 19.1. The number of aliphatic imine (C=N–C) groups is 1. The lowest BCUT2D eigenvalue weighted by Gasteiger charge is -2.13. The molecular weight excluding hydrogens is 345 g/mol. The predicted octanol–water partition coefficient (Wildman–Crippen LogP) is 3.77. The highest BCUT2D eigenvalue weighted by Gasteiger charge is 2.16. The van der Waals surface area contributed by atoms with Crippen molar-refractivity contribution in [2.24, 2.45) is 4.99 Å². The minimum Gasteiger partial charge on any atom is -0.376 e. The summed E-state index contributed by atoms with van der Waals surface area (Å²) in [6.45, 7) is 3.24. The highest BCUT2D eigenvalue weighted by atomic mass is 19.1. The van der Waals surface area contributed by atoms with Crippen LogP contribution in [0.25, 0.3) is 0 Å². The maximum absolute atomic E-state index is 13.5. The van der Waals surface area contributed by atoms with Gasteiger partial charge in [-0.05, 0) is 55.2 Å². The van der Waals surface area contributed by atoms with Crippen molar-refractivity contribution >= 4 is 17.6 Å². The lowest BCUT2D eigenvalue weighted by Crippen LogP contribution is -2.36. The number of benzene rings is 2. The Hall–Kier alpha value is -2.73. The number of hydrogen-bond acceptors (Lipinski definition) is 3. The van der Waals surface area contributed by atoms with E-state index in [0.29, 0.717) is 17.8 Å². The van der Waals surface area contributed by atoms with E-state index in [1.165, 1.54) is 12.1 Å². The van der Waals surface area contributed by atoms with E-state index in [0.717, 1.165) is 31.4 Å². The van der Waals surface area contributed by atoms with Crippen LogP contribution in [-0.2, 0) is 11.2 Å². The number of anilines is 1. The smallest absolute Gasteiger partial charge is 0.257 e. The standard InChI is InChI=1S/C21H24FN3O2/c1-2-15-8-10-16(11-9-15)20(26)25-21(23-14-19-7-4-12-27-19)24-18-6-3-5-17(22)13-18/h3,5-6,8-11,13,19H,2,4,7,12,14H2,1H3,(H2,23,24,25,26)/t19-/m0/s1. The Morgan fingerprint density at radius 1 is 1.26 bits per heavy atom. The molecule has 1 atom stereocenters. The van der Waals surface area contributed by atoms with Crippen molar-refractivity contribution in [1.82, 2.24) is 5.32 Å². The third kappa shape index (κ3) is 5.62. The average molecular weight is 369 g/mol. The molecule has 2 N–H and O–H groups in total. The molecule has 27 heavy (non-hydrogen) atoms. The minimum absolute atomic E-state index is 0.0510. The molecule has 0 aliphatic carbocycles.